The lowest BCUT2D eigenvalue weighted by Crippen LogP contribution is -2.45. The van der Waals surface area contributed by atoms with Crippen molar-refractivity contribution in [2.24, 2.45) is 5.73 Å². The number of amides is 2. The van der Waals surface area contributed by atoms with Crippen LogP contribution in [0.25, 0.3) is 0 Å². The summed E-state index contributed by atoms with van der Waals surface area (Å²) in [7, 11) is 0. The van der Waals surface area contributed by atoms with E-state index in [1.807, 2.05) is 0 Å². The van der Waals surface area contributed by atoms with Gasteiger partial charge in [-0.1, -0.05) is 0 Å². The molecule has 1 heterocycles. The topological polar surface area (TPSA) is 101 Å². The molecular formula is C13H11BrF2N2O4. The van der Waals surface area contributed by atoms with Gasteiger partial charge in [0, 0.05) is 12.0 Å². The highest BCUT2D eigenvalue weighted by Crippen LogP contribution is 2.33. The van der Waals surface area contributed by atoms with E-state index in [2.05, 4.69) is 15.9 Å². The molecule has 1 aliphatic heterocycles. The van der Waals surface area contributed by atoms with Gasteiger partial charge in [-0.2, -0.15) is 0 Å². The summed E-state index contributed by atoms with van der Waals surface area (Å²) in [5.74, 6) is -4.67. The third kappa shape index (κ3) is 2.80. The van der Waals surface area contributed by atoms with Crippen LogP contribution in [0.1, 0.15) is 28.8 Å². The number of fused-ring (bicyclic) bond motifs is 1. The largest absolute Gasteiger partial charge is 0.481 e. The Labute approximate surface area is 132 Å². The van der Waals surface area contributed by atoms with E-state index in [0.29, 0.717) is 0 Å². The first kappa shape index (κ1) is 16.3. The van der Waals surface area contributed by atoms with Gasteiger partial charge in [-0.15, -0.1) is 0 Å². The normalized spacial score (nSPS) is 14.9. The Morgan fingerprint density at radius 3 is 2.64 bits per heavy atom. The second-order valence-corrected chi connectivity index (χ2v) is 5.59. The lowest BCUT2D eigenvalue weighted by Gasteiger charge is -2.24. The molecule has 0 fully saturated rings. The molecule has 1 unspecified atom stereocenters. The molecule has 0 bridgehead atoms. The van der Waals surface area contributed by atoms with Crippen LogP contribution in [0.15, 0.2) is 10.5 Å². The number of nitrogens with zero attached hydrogens (tertiary/aromatic N) is 1. The zero-order valence-electron chi connectivity index (χ0n) is 11.1. The van der Waals surface area contributed by atoms with Gasteiger partial charge in [0.05, 0.1) is 16.6 Å². The first-order valence-electron chi connectivity index (χ1n) is 6.22. The lowest BCUT2D eigenvalue weighted by atomic mass is 10.1. The van der Waals surface area contributed by atoms with Gasteiger partial charge in [-0.05, 0) is 28.4 Å². The van der Waals surface area contributed by atoms with Crippen LogP contribution < -0.4 is 5.73 Å². The number of carboxylic acids is 1. The zero-order chi connectivity index (χ0) is 16.6. The second kappa shape index (κ2) is 5.99. The van der Waals surface area contributed by atoms with Crippen LogP contribution in [0.3, 0.4) is 0 Å². The van der Waals surface area contributed by atoms with Gasteiger partial charge in [0.25, 0.3) is 5.91 Å². The number of hydrogen-bond acceptors (Lipinski definition) is 3. The van der Waals surface area contributed by atoms with Crippen molar-refractivity contribution in [3.63, 3.8) is 0 Å². The highest BCUT2D eigenvalue weighted by molar-refractivity contribution is 9.10. The fourth-order valence-corrected chi connectivity index (χ4v) is 2.69. The van der Waals surface area contributed by atoms with Crippen molar-refractivity contribution in [3.8, 4) is 0 Å². The number of aliphatic carboxylic acids is 1. The van der Waals surface area contributed by atoms with E-state index in [-0.39, 0.29) is 30.5 Å². The third-order valence-electron chi connectivity index (χ3n) is 3.42. The first-order valence-corrected chi connectivity index (χ1v) is 7.01. The molecule has 0 aliphatic carbocycles. The molecule has 0 aromatic heterocycles. The number of halogens is 3. The molecule has 2 rings (SSSR count). The average Bonchev–Trinajstić information content (AvgIpc) is 2.74. The molecule has 6 nitrogen and oxygen atoms in total. The van der Waals surface area contributed by atoms with Crippen LogP contribution in [0.4, 0.5) is 8.78 Å². The van der Waals surface area contributed by atoms with Crippen molar-refractivity contribution in [1.82, 2.24) is 4.90 Å². The Bertz CT molecular complexity index is 680. The monoisotopic (exact) mass is 376 g/mol. The number of carbonyl (C=O) groups excluding carboxylic acids is 2. The van der Waals surface area contributed by atoms with Gasteiger partial charge in [0.2, 0.25) is 5.91 Å². The van der Waals surface area contributed by atoms with E-state index in [1.165, 1.54) is 0 Å². The Hall–Kier alpha value is -2.03. The summed E-state index contributed by atoms with van der Waals surface area (Å²) in [6.07, 6.45) is -0.579. The summed E-state index contributed by atoms with van der Waals surface area (Å²) in [5.41, 5.74) is 4.94. The molecule has 3 N–H and O–H groups in total. The minimum Gasteiger partial charge on any atom is -0.481 e. The Morgan fingerprint density at radius 1 is 1.45 bits per heavy atom. The zero-order valence-corrected chi connectivity index (χ0v) is 12.7. The molecule has 0 spiro atoms. The van der Waals surface area contributed by atoms with Crippen LogP contribution in [-0.2, 0) is 16.1 Å². The van der Waals surface area contributed by atoms with Gasteiger partial charge < -0.3 is 15.7 Å². The Morgan fingerprint density at radius 2 is 2.09 bits per heavy atom. The molecule has 1 aromatic rings. The minimum atomic E-state index is -1.20. The lowest BCUT2D eigenvalue weighted by molar-refractivity contribution is -0.137. The summed E-state index contributed by atoms with van der Waals surface area (Å²) >= 11 is 2.74. The third-order valence-corrected chi connectivity index (χ3v) is 4.15. The molecule has 0 saturated carbocycles. The SMILES string of the molecule is NC(=O)C(CCC(=O)O)N1Cc2c(cc(F)c(Br)c2F)C1=O. The van der Waals surface area contributed by atoms with Crippen LogP contribution in [-0.4, -0.2) is 33.8 Å². The van der Waals surface area contributed by atoms with Crippen LogP contribution in [0.2, 0.25) is 0 Å². The van der Waals surface area contributed by atoms with Gasteiger partial charge in [-0.25, -0.2) is 8.78 Å². The van der Waals surface area contributed by atoms with Crippen molar-refractivity contribution in [1.29, 1.82) is 0 Å². The van der Waals surface area contributed by atoms with E-state index in [4.69, 9.17) is 10.8 Å². The maximum atomic E-state index is 14.0. The summed E-state index contributed by atoms with van der Waals surface area (Å²) in [6, 6.07) is -0.322. The van der Waals surface area contributed by atoms with Gasteiger partial charge in [-0.3, -0.25) is 14.4 Å². The summed E-state index contributed by atoms with van der Waals surface area (Å²) < 4.78 is 27.1. The summed E-state index contributed by atoms with van der Waals surface area (Å²) in [5, 5.41) is 8.67. The summed E-state index contributed by atoms with van der Waals surface area (Å²) in [4.78, 5) is 35.3. The molecule has 22 heavy (non-hydrogen) atoms. The number of hydrogen-bond donors (Lipinski definition) is 2. The highest BCUT2D eigenvalue weighted by Gasteiger charge is 2.38. The minimum absolute atomic E-state index is 0.0557. The van der Waals surface area contributed by atoms with E-state index in [9.17, 15) is 23.2 Å². The molecule has 1 atom stereocenters. The van der Waals surface area contributed by atoms with Crippen molar-refractivity contribution in [2.45, 2.75) is 25.4 Å². The van der Waals surface area contributed by atoms with Crippen LogP contribution in [0, 0.1) is 11.6 Å². The van der Waals surface area contributed by atoms with Crippen LogP contribution in [0.5, 0.6) is 0 Å². The molecule has 0 saturated heterocycles. The number of primary amides is 1. The van der Waals surface area contributed by atoms with E-state index in [0.717, 1.165) is 11.0 Å². The fourth-order valence-electron chi connectivity index (χ4n) is 2.34. The van der Waals surface area contributed by atoms with E-state index < -0.39 is 39.9 Å². The quantitative estimate of drug-likeness (QED) is 0.758. The first-order chi connectivity index (χ1) is 10.2. The van der Waals surface area contributed by atoms with Crippen molar-refractivity contribution in [3.05, 3.63) is 33.3 Å². The van der Waals surface area contributed by atoms with Crippen molar-refractivity contribution in [2.75, 3.05) is 0 Å². The number of carbonyl (C=O) groups is 3. The molecule has 0 radical (unpaired) electrons. The van der Waals surface area contributed by atoms with Crippen LogP contribution >= 0.6 is 15.9 Å². The van der Waals surface area contributed by atoms with Gasteiger partial charge >= 0.3 is 5.97 Å². The summed E-state index contributed by atoms with van der Waals surface area (Å²) in [6.45, 7) is -0.272. The fraction of sp³-hybridized carbons (Fsp3) is 0.308. The van der Waals surface area contributed by atoms with Crippen molar-refractivity contribution < 1.29 is 28.3 Å². The number of benzene rings is 1. The van der Waals surface area contributed by atoms with E-state index in [1.54, 1.807) is 0 Å². The number of rotatable bonds is 5. The highest BCUT2D eigenvalue weighted by atomic mass is 79.9. The number of nitrogens with two attached hydrogens (primary N) is 1. The van der Waals surface area contributed by atoms with E-state index >= 15 is 0 Å². The average molecular weight is 377 g/mol. The number of carboxylic acid groups (broad SMARTS) is 1. The molecule has 1 aliphatic rings. The Kier molecular flexibility index (Phi) is 4.45. The predicted octanol–water partition coefficient (Wildman–Crippen LogP) is 1.40. The van der Waals surface area contributed by atoms with Gasteiger partial charge in [0.15, 0.2) is 0 Å². The standard InChI is InChI=1S/C13H11BrF2N2O4/c14-10-7(15)3-5-6(11(10)16)4-18(13(5)22)8(12(17)21)1-2-9(19)20/h3,8H,1-2,4H2,(H2,17,21)(H,19,20). The smallest absolute Gasteiger partial charge is 0.303 e. The molecule has 9 heteroatoms. The van der Waals surface area contributed by atoms with Gasteiger partial charge in [0.1, 0.15) is 17.7 Å². The maximum absolute atomic E-state index is 14.0. The maximum Gasteiger partial charge on any atom is 0.303 e. The molecule has 1 aromatic carbocycles. The van der Waals surface area contributed by atoms with Crippen molar-refractivity contribution >= 4 is 33.7 Å². The molecule has 118 valence electrons. The molecule has 2 amide bonds. The molecular weight excluding hydrogens is 366 g/mol. The second-order valence-electron chi connectivity index (χ2n) is 4.80. The predicted molar refractivity (Wildman–Crippen MR) is 73.8 cm³/mol. The Balaban J connectivity index is 2.35.